The van der Waals surface area contributed by atoms with Gasteiger partial charge in [0.1, 0.15) is 12.4 Å². The van der Waals surface area contributed by atoms with Crippen LogP contribution in [-0.4, -0.2) is 58.2 Å². The second-order valence-electron chi connectivity index (χ2n) is 9.16. The number of hydrogen-bond donors (Lipinski definition) is 5. The molecular weight excluding hydrogens is 526 g/mol. The van der Waals surface area contributed by atoms with Gasteiger partial charge in [0.25, 0.3) is 5.91 Å². The summed E-state index contributed by atoms with van der Waals surface area (Å²) in [6.07, 6.45) is 5.89. The lowest BCUT2D eigenvalue weighted by molar-refractivity contribution is 0.0971. The first kappa shape index (κ1) is 26.7. The molecule has 12 heteroatoms. The number of nitrogens with two attached hydrogens (primary N) is 2. The quantitative estimate of drug-likeness (QED) is 0.161. The van der Waals surface area contributed by atoms with Gasteiger partial charge in [-0.3, -0.25) is 9.89 Å². The number of H-pyrrole nitrogens is 1. The number of amides is 1. The van der Waals surface area contributed by atoms with Gasteiger partial charge >= 0.3 is 0 Å². The third-order valence-electron chi connectivity index (χ3n) is 5.92. The molecule has 3 aromatic heterocycles. The van der Waals surface area contributed by atoms with E-state index >= 15 is 0 Å². The van der Waals surface area contributed by atoms with Crippen LogP contribution in [-0.2, 0) is 0 Å². The van der Waals surface area contributed by atoms with E-state index in [1.165, 1.54) is 29.8 Å². The van der Waals surface area contributed by atoms with Gasteiger partial charge in [-0.25, -0.2) is 4.98 Å². The van der Waals surface area contributed by atoms with Gasteiger partial charge in [0, 0.05) is 40.1 Å². The summed E-state index contributed by atoms with van der Waals surface area (Å²) in [6.45, 7) is 1.22. The van der Waals surface area contributed by atoms with Crippen molar-refractivity contribution >= 4 is 49.7 Å². The van der Waals surface area contributed by atoms with E-state index in [4.69, 9.17) is 21.2 Å². The SMILES string of the molecule is CN(C)CCOc1cc(Nc2ccc3[nH]ncc3c2)nc(-c2ccc3cc(C(=O)NC(/C=C\N)=C/N)sc3c2)n1. The van der Waals surface area contributed by atoms with Gasteiger partial charge in [-0.15, -0.1) is 11.3 Å². The number of rotatable bonds is 10. The number of likely N-dealkylation sites (N-methyl/N-ethyl adjacent to an activating group) is 1. The van der Waals surface area contributed by atoms with Crippen molar-refractivity contribution in [2.75, 3.05) is 32.6 Å². The molecule has 0 atom stereocenters. The van der Waals surface area contributed by atoms with Crippen molar-refractivity contribution in [3.05, 3.63) is 83.8 Å². The van der Waals surface area contributed by atoms with Crippen molar-refractivity contribution < 1.29 is 9.53 Å². The summed E-state index contributed by atoms with van der Waals surface area (Å²) in [6, 6.07) is 15.4. The maximum absolute atomic E-state index is 12.8. The van der Waals surface area contributed by atoms with Crippen LogP contribution in [0.15, 0.2) is 78.9 Å². The molecule has 7 N–H and O–H groups in total. The second kappa shape index (κ2) is 11.8. The van der Waals surface area contributed by atoms with Gasteiger partial charge in [0.2, 0.25) is 5.88 Å². The largest absolute Gasteiger partial charge is 0.476 e. The average Bonchev–Trinajstić information content (AvgIpc) is 3.59. The normalized spacial score (nSPS) is 12.0. The Balaban J connectivity index is 1.45. The minimum atomic E-state index is -0.272. The Morgan fingerprint density at radius 2 is 1.98 bits per heavy atom. The zero-order chi connectivity index (χ0) is 28.1. The molecule has 0 bridgehead atoms. The zero-order valence-electron chi connectivity index (χ0n) is 22.0. The summed E-state index contributed by atoms with van der Waals surface area (Å²) in [5, 5.41) is 15.1. The van der Waals surface area contributed by atoms with Crippen molar-refractivity contribution in [1.29, 1.82) is 0 Å². The number of carbonyl (C=O) groups is 1. The number of thiophene rings is 1. The van der Waals surface area contributed by atoms with Gasteiger partial charge in [-0.05, 0) is 62.1 Å². The highest BCUT2D eigenvalue weighted by atomic mass is 32.1. The van der Waals surface area contributed by atoms with Crippen LogP contribution in [0.25, 0.3) is 32.4 Å². The van der Waals surface area contributed by atoms with Crippen LogP contribution < -0.4 is 26.8 Å². The predicted molar refractivity (Wildman–Crippen MR) is 159 cm³/mol. The molecule has 0 fully saturated rings. The van der Waals surface area contributed by atoms with Gasteiger partial charge in [0.05, 0.1) is 22.3 Å². The molecular formula is C28H29N9O2S. The number of aromatic nitrogens is 4. The number of aromatic amines is 1. The maximum atomic E-state index is 12.8. The maximum Gasteiger partial charge on any atom is 0.265 e. The first-order chi connectivity index (χ1) is 19.4. The van der Waals surface area contributed by atoms with Crippen LogP contribution in [0.1, 0.15) is 9.67 Å². The summed E-state index contributed by atoms with van der Waals surface area (Å²) in [4.78, 5) is 24.8. The molecule has 0 unspecified atom stereocenters. The van der Waals surface area contributed by atoms with Crippen LogP contribution in [0.4, 0.5) is 11.5 Å². The minimum Gasteiger partial charge on any atom is -0.476 e. The smallest absolute Gasteiger partial charge is 0.265 e. The molecule has 0 radical (unpaired) electrons. The number of hydrogen-bond acceptors (Lipinski definition) is 10. The zero-order valence-corrected chi connectivity index (χ0v) is 22.8. The molecule has 3 heterocycles. The number of fused-ring (bicyclic) bond motifs is 2. The Morgan fingerprint density at radius 1 is 1.10 bits per heavy atom. The van der Waals surface area contributed by atoms with Crippen molar-refractivity contribution in [3.63, 3.8) is 0 Å². The van der Waals surface area contributed by atoms with Crippen molar-refractivity contribution in [1.82, 2.24) is 30.4 Å². The lowest BCUT2D eigenvalue weighted by Crippen LogP contribution is -2.21. The monoisotopic (exact) mass is 555 g/mol. The number of carbonyl (C=O) groups excluding carboxylic acids is 1. The Bertz CT molecular complexity index is 1720. The third-order valence-corrected chi connectivity index (χ3v) is 7.02. The van der Waals surface area contributed by atoms with E-state index in [9.17, 15) is 4.79 Å². The molecule has 5 rings (SSSR count). The fourth-order valence-electron chi connectivity index (χ4n) is 3.91. The van der Waals surface area contributed by atoms with E-state index in [0.717, 1.165) is 38.8 Å². The van der Waals surface area contributed by atoms with Gasteiger partial charge < -0.3 is 31.7 Å². The van der Waals surface area contributed by atoms with Crippen LogP contribution >= 0.6 is 11.3 Å². The second-order valence-corrected chi connectivity index (χ2v) is 10.2. The highest BCUT2D eigenvalue weighted by Gasteiger charge is 2.14. The predicted octanol–water partition coefficient (Wildman–Crippen LogP) is 3.92. The van der Waals surface area contributed by atoms with E-state index in [0.29, 0.717) is 34.7 Å². The summed E-state index contributed by atoms with van der Waals surface area (Å²) in [7, 11) is 3.97. The first-order valence-corrected chi connectivity index (χ1v) is 13.3. The molecule has 1 amide bonds. The molecule has 0 aliphatic rings. The molecule has 0 saturated carbocycles. The Labute approximate surface area is 234 Å². The third kappa shape index (κ3) is 6.20. The lowest BCUT2D eigenvalue weighted by Gasteiger charge is -2.13. The van der Waals surface area contributed by atoms with E-state index in [1.54, 1.807) is 12.3 Å². The number of benzene rings is 2. The summed E-state index contributed by atoms with van der Waals surface area (Å²) >= 11 is 1.36. The number of nitrogens with one attached hydrogen (secondary N) is 3. The molecule has 40 heavy (non-hydrogen) atoms. The van der Waals surface area contributed by atoms with E-state index in [-0.39, 0.29) is 5.91 Å². The minimum absolute atomic E-state index is 0.272. The van der Waals surface area contributed by atoms with Crippen LogP contribution in [0, 0.1) is 0 Å². The molecule has 5 aromatic rings. The Hall–Kier alpha value is -4.94. The highest BCUT2D eigenvalue weighted by Crippen LogP contribution is 2.31. The van der Waals surface area contributed by atoms with E-state index < -0.39 is 0 Å². The van der Waals surface area contributed by atoms with Gasteiger partial charge in [-0.2, -0.15) is 10.1 Å². The molecule has 204 valence electrons. The average molecular weight is 556 g/mol. The highest BCUT2D eigenvalue weighted by molar-refractivity contribution is 7.20. The number of nitrogens with zero attached hydrogens (tertiary/aromatic N) is 4. The van der Waals surface area contributed by atoms with Crippen molar-refractivity contribution in [2.24, 2.45) is 11.5 Å². The van der Waals surface area contributed by atoms with Crippen molar-refractivity contribution in [2.45, 2.75) is 0 Å². The van der Waals surface area contributed by atoms with Crippen LogP contribution in [0.5, 0.6) is 5.88 Å². The summed E-state index contributed by atoms with van der Waals surface area (Å²) in [5.41, 5.74) is 14.0. The van der Waals surface area contributed by atoms with Crippen LogP contribution in [0.2, 0.25) is 0 Å². The molecule has 0 saturated heterocycles. The van der Waals surface area contributed by atoms with Gasteiger partial charge in [-0.1, -0.05) is 12.1 Å². The van der Waals surface area contributed by atoms with E-state index in [1.807, 2.05) is 61.5 Å². The Morgan fingerprint density at radius 3 is 2.77 bits per heavy atom. The number of allylic oxidation sites excluding steroid dienone is 1. The summed E-state index contributed by atoms with van der Waals surface area (Å²) in [5.74, 6) is 1.27. The standard InChI is InChI=1S/C28H29N9O2S/c1-37(2)9-10-39-26-14-25(32-20-5-6-22-19(11-20)16-31-36-22)34-27(35-26)18-4-3-17-12-24(40-23(17)13-18)28(38)33-21(15-30)7-8-29/h3-8,11-16H,9-10,29-30H2,1-2H3,(H,31,36)(H,33,38)(H,32,34,35)/b8-7-,21-15+. The van der Waals surface area contributed by atoms with Crippen molar-refractivity contribution in [3.8, 4) is 17.3 Å². The fourth-order valence-corrected chi connectivity index (χ4v) is 4.91. The topological polar surface area (TPSA) is 160 Å². The molecule has 11 nitrogen and oxygen atoms in total. The molecule has 0 aliphatic carbocycles. The first-order valence-electron chi connectivity index (χ1n) is 12.4. The lowest BCUT2D eigenvalue weighted by atomic mass is 10.1. The van der Waals surface area contributed by atoms with Gasteiger partial charge in [0.15, 0.2) is 5.82 Å². The Kier molecular flexibility index (Phi) is 7.89. The molecule has 0 aliphatic heterocycles. The van der Waals surface area contributed by atoms with E-state index in [2.05, 4.69) is 25.8 Å². The van der Waals surface area contributed by atoms with Crippen LogP contribution in [0.3, 0.4) is 0 Å². The molecule has 0 spiro atoms. The number of ether oxygens (including phenoxy) is 1. The number of anilines is 2. The molecule has 2 aromatic carbocycles. The fraction of sp³-hybridized carbons (Fsp3) is 0.143. The summed E-state index contributed by atoms with van der Waals surface area (Å²) < 4.78 is 6.89.